The minimum absolute atomic E-state index is 0.612. The number of para-hydroxylation sites is 4. The summed E-state index contributed by atoms with van der Waals surface area (Å²) >= 11 is 0. The molecule has 0 radical (unpaired) electrons. The minimum Gasteiger partial charge on any atom is -0.456 e. The summed E-state index contributed by atoms with van der Waals surface area (Å²) in [6, 6.07) is 66.2. The van der Waals surface area contributed by atoms with Crippen molar-refractivity contribution in [2.75, 3.05) is 9.80 Å². The van der Waals surface area contributed by atoms with Crippen LogP contribution in [0.15, 0.2) is 195 Å². The molecule has 2 fully saturated rings. The number of hydrogen-bond acceptors (Lipinski definition) is 5. The molecule has 0 saturated heterocycles. The van der Waals surface area contributed by atoms with E-state index in [4.69, 9.17) is 13.3 Å². The van der Waals surface area contributed by atoms with E-state index in [1.165, 1.54) is 75.3 Å². The second kappa shape index (κ2) is 16.5. The highest BCUT2D eigenvalue weighted by Crippen LogP contribution is 2.50. The van der Waals surface area contributed by atoms with Gasteiger partial charge in [-0.3, -0.25) is 0 Å². The largest absolute Gasteiger partial charge is 0.456 e. The van der Waals surface area contributed by atoms with Crippen LogP contribution in [0, 0.1) is 0 Å². The summed E-state index contributed by atoms with van der Waals surface area (Å²) in [4.78, 5) is 4.74. The van der Waals surface area contributed by atoms with E-state index in [1.54, 1.807) is 0 Å². The van der Waals surface area contributed by atoms with Gasteiger partial charge in [-0.15, -0.1) is 0 Å². The van der Waals surface area contributed by atoms with Crippen LogP contribution < -0.4 is 9.80 Å². The molecule has 3 aromatic heterocycles. The van der Waals surface area contributed by atoms with Gasteiger partial charge < -0.3 is 23.1 Å². The summed E-state index contributed by atoms with van der Waals surface area (Å²) in [5.41, 5.74) is 14.2. The Kier molecular flexibility index (Phi) is 9.63. The monoisotopic (exact) mass is 896 g/mol. The molecule has 0 atom stereocenters. The summed E-state index contributed by atoms with van der Waals surface area (Å²) in [6.07, 6.45) is 13.0. The summed E-state index contributed by atoms with van der Waals surface area (Å²) < 4.78 is 20.7. The number of hydrogen-bond donors (Lipinski definition) is 0. The fourth-order valence-corrected chi connectivity index (χ4v) is 12.2. The van der Waals surface area contributed by atoms with Gasteiger partial charge in [-0.05, 0) is 115 Å². The Morgan fingerprint density at radius 2 is 0.783 bits per heavy atom. The molecule has 0 aliphatic heterocycles. The van der Waals surface area contributed by atoms with Crippen molar-refractivity contribution in [2.24, 2.45) is 0 Å². The van der Waals surface area contributed by atoms with Crippen LogP contribution in [0.3, 0.4) is 0 Å². The number of anilines is 6. The highest BCUT2D eigenvalue weighted by atomic mass is 16.3. The zero-order chi connectivity index (χ0) is 45.4. The normalized spacial score (nSPS) is 15.1. The van der Waals surface area contributed by atoms with Gasteiger partial charge in [0, 0.05) is 61.2 Å². The smallest absolute Gasteiger partial charge is 0.159 e. The van der Waals surface area contributed by atoms with Gasteiger partial charge in [0.2, 0.25) is 0 Å². The van der Waals surface area contributed by atoms with Gasteiger partial charge in [-0.1, -0.05) is 148 Å². The zero-order valence-corrected chi connectivity index (χ0v) is 38.7. The van der Waals surface area contributed by atoms with Crippen molar-refractivity contribution >= 4 is 111 Å². The number of fused-ring (bicyclic) bond motifs is 11. The molecule has 0 N–H and O–H groups in total. The first-order chi connectivity index (χ1) is 34.2. The van der Waals surface area contributed by atoms with Gasteiger partial charge in [-0.25, -0.2) is 0 Å². The number of nitrogens with zero attached hydrogens (tertiary/aromatic N) is 2. The van der Waals surface area contributed by atoms with Crippen molar-refractivity contribution in [3.05, 3.63) is 193 Å². The standard InChI is InChI=1S/C64H52N2O3/c1-3-15-41(16-4-1)43-29-33-45(34-30-43)65(55-25-13-23-52-49-20-9-11-27-58(49)68-63(52)55)47-37-38-54-60(39-47)67-61-40-57(48-19-7-8-22-51(48)62(54)61)66(46-35-31-44(32-36-46)42-17-5-2-6-18-42)56-26-14-24-53-50-21-10-12-28-59(50)69-64(53)56/h7-14,19-42H,1-6,15-18H2. The molecule has 2 aliphatic rings. The lowest BCUT2D eigenvalue weighted by molar-refractivity contribution is 0.443. The fraction of sp³-hybridized carbons (Fsp3) is 0.188. The Balaban J connectivity index is 0.956. The van der Waals surface area contributed by atoms with E-state index in [-0.39, 0.29) is 0 Å². The first-order valence-corrected chi connectivity index (χ1v) is 25.2. The van der Waals surface area contributed by atoms with E-state index in [0.717, 1.165) is 111 Å². The molecule has 0 bridgehead atoms. The van der Waals surface area contributed by atoms with Crippen molar-refractivity contribution in [1.29, 1.82) is 0 Å². The lowest BCUT2D eigenvalue weighted by Crippen LogP contribution is -2.11. The maximum absolute atomic E-state index is 7.15. The van der Waals surface area contributed by atoms with Crippen molar-refractivity contribution in [1.82, 2.24) is 0 Å². The third-order valence-corrected chi connectivity index (χ3v) is 15.6. The van der Waals surface area contributed by atoms with Crippen LogP contribution in [-0.4, -0.2) is 0 Å². The predicted molar refractivity (Wildman–Crippen MR) is 287 cm³/mol. The Morgan fingerprint density at radius 1 is 0.304 bits per heavy atom. The molecule has 69 heavy (non-hydrogen) atoms. The molecule has 2 saturated carbocycles. The molecule has 0 amide bonds. The maximum Gasteiger partial charge on any atom is 0.159 e. The second-order valence-corrected chi connectivity index (χ2v) is 19.6. The van der Waals surface area contributed by atoms with Crippen molar-refractivity contribution < 1.29 is 13.3 Å². The van der Waals surface area contributed by atoms with Gasteiger partial charge in [0.05, 0.1) is 22.7 Å². The molecular formula is C64H52N2O3. The topological polar surface area (TPSA) is 45.9 Å². The van der Waals surface area contributed by atoms with E-state index in [0.29, 0.717) is 11.8 Å². The van der Waals surface area contributed by atoms with Crippen LogP contribution in [0.5, 0.6) is 0 Å². The van der Waals surface area contributed by atoms with Gasteiger partial charge in [0.1, 0.15) is 22.3 Å². The van der Waals surface area contributed by atoms with E-state index in [2.05, 4.69) is 180 Å². The lowest BCUT2D eigenvalue weighted by atomic mass is 9.84. The molecule has 3 heterocycles. The molecule has 0 spiro atoms. The maximum atomic E-state index is 7.15. The summed E-state index contributed by atoms with van der Waals surface area (Å²) in [7, 11) is 0. The predicted octanol–water partition coefficient (Wildman–Crippen LogP) is 19.6. The molecular weight excluding hydrogens is 845 g/mol. The van der Waals surface area contributed by atoms with Crippen molar-refractivity contribution in [2.45, 2.75) is 76.0 Å². The molecule has 5 nitrogen and oxygen atoms in total. The summed E-state index contributed by atoms with van der Waals surface area (Å²) in [5, 5.41) is 8.88. The SMILES string of the molecule is c1ccc2c(c1)oc1c(N(c3ccc(C4CCCCC4)cc3)c3ccc4c(c3)oc3cc(N(c5ccc(C6CCCCC6)cc5)c5cccc6c5oc5ccccc56)c5ccccc5c34)cccc12. The van der Waals surface area contributed by atoms with Crippen LogP contribution in [-0.2, 0) is 0 Å². The Bertz CT molecular complexity index is 3880. The Morgan fingerprint density at radius 3 is 1.36 bits per heavy atom. The van der Waals surface area contributed by atoms with Gasteiger partial charge in [-0.2, -0.15) is 0 Å². The second-order valence-electron chi connectivity index (χ2n) is 19.6. The fourth-order valence-electron chi connectivity index (χ4n) is 12.2. The zero-order valence-electron chi connectivity index (χ0n) is 38.7. The van der Waals surface area contributed by atoms with Crippen LogP contribution in [0.25, 0.3) is 76.6 Å². The van der Waals surface area contributed by atoms with Gasteiger partial charge in [0.25, 0.3) is 0 Å². The average molecular weight is 897 g/mol. The van der Waals surface area contributed by atoms with Crippen LogP contribution in [0.4, 0.5) is 34.1 Å². The molecule has 14 rings (SSSR count). The van der Waals surface area contributed by atoms with Gasteiger partial charge in [0.15, 0.2) is 11.2 Å². The lowest BCUT2D eigenvalue weighted by Gasteiger charge is -2.28. The average Bonchev–Trinajstić information content (AvgIpc) is 4.12. The van der Waals surface area contributed by atoms with Crippen LogP contribution >= 0.6 is 0 Å². The van der Waals surface area contributed by atoms with E-state index in [1.807, 2.05) is 12.1 Å². The summed E-state index contributed by atoms with van der Waals surface area (Å²) in [6.45, 7) is 0. The number of benzene rings is 9. The van der Waals surface area contributed by atoms with E-state index < -0.39 is 0 Å². The first-order valence-electron chi connectivity index (χ1n) is 25.2. The quantitative estimate of drug-likeness (QED) is 0.152. The molecule has 5 heteroatoms. The van der Waals surface area contributed by atoms with Crippen LogP contribution in [0.2, 0.25) is 0 Å². The highest BCUT2D eigenvalue weighted by Gasteiger charge is 2.26. The third-order valence-electron chi connectivity index (χ3n) is 15.6. The third kappa shape index (κ3) is 6.73. The van der Waals surface area contributed by atoms with Gasteiger partial charge >= 0.3 is 0 Å². The molecule has 0 unspecified atom stereocenters. The molecule has 2 aliphatic carbocycles. The van der Waals surface area contributed by atoms with E-state index in [9.17, 15) is 0 Å². The highest BCUT2D eigenvalue weighted by molar-refractivity contribution is 6.23. The molecule has 9 aromatic carbocycles. The van der Waals surface area contributed by atoms with Crippen molar-refractivity contribution in [3.8, 4) is 0 Å². The Hall–Kier alpha value is -7.76. The number of furan rings is 3. The van der Waals surface area contributed by atoms with E-state index >= 15 is 0 Å². The minimum atomic E-state index is 0.612. The first kappa shape index (κ1) is 40.3. The Labute approximate surface area is 401 Å². The molecule has 336 valence electrons. The summed E-state index contributed by atoms with van der Waals surface area (Å²) in [5.74, 6) is 1.23. The van der Waals surface area contributed by atoms with Crippen molar-refractivity contribution in [3.63, 3.8) is 0 Å². The number of rotatable bonds is 8. The van der Waals surface area contributed by atoms with Crippen LogP contribution in [0.1, 0.15) is 87.2 Å². The molecule has 12 aromatic rings.